The monoisotopic (exact) mass is 204 g/mol. The first-order valence-electron chi connectivity index (χ1n) is 4.78. The van der Waals surface area contributed by atoms with E-state index < -0.39 is 0 Å². The summed E-state index contributed by atoms with van der Waals surface area (Å²) in [5.41, 5.74) is 1.96. The van der Waals surface area contributed by atoms with Crippen molar-refractivity contribution in [2.45, 2.75) is 19.8 Å². The van der Waals surface area contributed by atoms with E-state index in [4.69, 9.17) is 9.63 Å². The Balaban J connectivity index is 2.41. The van der Waals surface area contributed by atoms with Gasteiger partial charge >= 0.3 is 0 Å². The molecular formula is C11H12N2O2. The van der Waals surface area contributed by atoms with Crippen LogP contribution in [-0.2, 0) is 0 Å². The molecule has 0 bridgehead atoms. The van der Waals surface area contributed by atoms with Gasteiger partial charge in [0.15, 0.2) is 5.76 Å². The van der Waals surface area contributed by atoms with Crippen LogP contribution >= 0.6 is 0 Å². The lowest BCUT2D eigenvalue weighted by Crippen LogP contribution is -1.89. The minimum Gasteiger partial charge on any atom is -0.491 e. The standard InChI is InChI=1S/C11H12N2O2/c1-7(2)8-3-9(6-12-5-8)10-4-11(14)13-15-10/h3-7H,1-2H3,(H,13,14). The summed E-state index contributed by atoms with van der Waals surface area (Å²) in [4.78, 5) is 4.12. The molecule has 0 amide bonds. The number of aromatic hydroxyl groups is 1. The molecule has 4 heteroatoms. The second kappa shape index (κ2) is 3.73. The molecule has 2 aromatic heterocycles. The Kier molecular flexibility index (Phi) is 2.41. The van der Waals surface area contributed by atoms with Crippen LogP contribution in [0.25, 0.3) is 11.3 Å². The van der Waals surface area contributed by atoms with E-state index in [1.165, 1.54) is 6.07 Å². The first kappa shape index (κ1) is 9.71. The highest BCUT2D eigenvalue weighted by molar-refractivity contribution is 5.57. The predicted octanol–water partition coefficient (Wildman–Crippen LogP) is 2.57. The van der Waals surface area contributed by atoms with Gasteiger partial charge in [-0.3, -0.25) is 4.98 Å². The summed E-state index contributed by atoms with van der Waals surface area (Å²) in [7, 11) is 0. The van der Waals surface area contributed by atoms with Gasteiger partial charge in [-0.1, -0.05) is 13.8 Å². The van der Waals surface area contributed by atoms with Crippen molar-refractivity contribution in [3.05, 3.63) is 30.1 Å². The molecule has 15 heavy (non-hydrogen) atoms. The molecule has 0 fully saturated rings. The molecule has 0 aliphatic heterocycles. The van der Waals surface area contributed by atoms with Gasteiger partial charge in [0.1, 0.15) is 0 Å². The van der Waals surface area contributed by atoms with Crippen LogP contribution in [0.4, 0.5) is 0 Å². The Morgan fingerprint density at radius 2 is 2.07 bits per heavy atom. The van der Waals surface area contributed by atoms with Crippen LogP contribution in [0.15, 0.2) is 29.0 Å². The highest BCUT2D eigenvalue weighted by atomic mass is 16.5. The minimum absolute atomic E-state index is 0.111. The van der Waals surface area contributed by atoms with Gasteiger partial charge in [-0.2, -0.15) is 0 Å². The van der Waals surface area contributed by atoms with Crippen molar-refractivity contribution in [1.29, 1.82) is 0 Å². The molecule has 0 unspecified atom stereocenters. The number of rotatable bonds is 2. The third-order valence-corrected chi connectivity index (χ3v) is 2.21. The second-order valence-electron chi connectivity index (χ2n) is 3.71. The van der Waals surface area contributed by atoms with Crippen LogP contribution < -0.4 is 0 Å². The highest BCUT2D eigenvalue weighted by Gasteiger charge is 2.08. The summed E-state index contributed by atoms with van der Waals surface area (Å²) < 4.78 is 4.95. The lowest BCUT2D eigenvalue weighted by Gasteiger charge is -2.04. The van der Waals surface area contributed by atoms with E-state index in [2.05, 4.69) is 24.0 Å². The SMILES string of the molecule is CC(C)c1cncc(-c2cc(O)no2)c1. The average molecular weight is 204 g/mol. The lowest BCUT2D eigenvalue weighted by atomic mass is 10.0. The molecule has 0 radical (unpaired) electrons. The summed E-state index contributed by atoms with van der Waals surface area (Å²) in [5.74, 6) is 0.830. The molecule has 78 valence electrons. The zero-order chi connectivity index (χ0) is 10.8. The van der Waals surface area contributed by atoms with E-state index >= 15 is 0 Å². The summed E-state index contributed by atoms with van der Waals surface area (Å²) in [6.45, 7) is 4.19. The van der Waals surface area contributed by atoms with Gasteiger partial charge in [-0.25, -0.2) is 0 Å². The van der Waals surface area contributed by atoms with Gasteiger partial charge in [0.25, 0.3) is 5.88 Å². The largest absolute Gasteiger partial charge is 0.491 e. The van der Waals surface area contributed by atoms with E-state index in [1.54, 1.807) is 6.20 Å². The Bertz CT molecular complexity index is 463. The molecule has 0 aliphatic carbocycles. The highest BCUT2D eigenvalue weighted by Crippen LogP contribution is 2.24. The van der Waals surface area contributed by atoms with Gasteiger partial charge in [0, 0.05) is 24.0 Å². The van der Waals surface area contributed by atoms with Crippen molar-refractivity contribution in [2.24, 2.45) is 0 Å². The van der Waals surface area contributed by atoms with Gasteiger partial charge in [-0.05, 0) is 22.7 Å². The Hall–Kier alpha value is -1.84. The van der Waals surface area contributed by atoms with Crippen LogP contribution in [0.3, 0.4) is 0 Å². The molecule has 0 atom stereocenters. The molecule has 1 N–H and O–H groups in total. The maximum Gasteiger partial charge on any atom is 0.252 e. The third kappa shape index (κ3) is 1.98. The van der Waals surface area contributed by atoms with E-state index in [-0.39, 0.29) is 5.88 Å². The van der Waals surface area contributed by atoms with Crippen LogP contribution in [0.2, 0.25) is 0 Å². The molecule has 0 spiro atoms. The quantitative estimate of drug-likeness (QED) is 0.816. The molecular weight excluding hydrogens is 192 g/mol. The van der Waals surface area contributed by atoms with Crippen molar-refractivity contribution >= 4 is 0 Å². The summed E-state index contributed by atoms with van der Waals surface area (Å²) >= 11 is 0. The normalized spacial score (nSPS) is 10.9. The molecule has 2 aromatic rings. The maximum absolute atomic E-state index is 9.07. The Morgan fingerprint density at radius 3 is 2.67 bits per heavy atom. The topological polar surface area (TPSA) is 59.2 Å². The van der Waals surface area contributed by atoms with Gasteiger partial charge < -0.3 is 9.63 Å². The lowest BCUT2D eigenvalue weighted by molar-refractivity contribution is 0.365. The molecule has 0 saturated carbocycles. The van der Waals surface area contributed by atoms with Gasteiger partial charge in [0.2, 0.25) is 0 Å². The maximum atomic E-state index is 9.07. The van der Waals surface area contributed by atoms with Crippen molar-refractivity contribution in [1.82, 2.24) is 10.1 Å². The second-order valence-corrected chi connectivity index (χ2v) is 3.71. The van der Waals surface area contributed by atoms with E-state index in [0.29, 0.717) is 11.7 Å². The van der Waals surface area contributed by atoms with Crippen LogP contribution in [-0.4, -0.2) is 15.2 Å². The number of hydrogen-bond acceptors (Lipinski definition) is 4. The molecule has 4 nitrogen and oxygen atoms in total. The minimum atomic E-state index is -0.111. The van der Waals surface area contributed by atoms with Crippen molar-refractivity contribution in [2.75, 3.05) is 0 Å². The molecule has 0 aromatic carbocycles. The van der Waals surface area contributed by atoms with Crippen LogP contribution in [0.5, 0.6) is 5.88 Å². The predicted molar refractivity (Wildman–Crippen MR) is 55.5 cm³/mol. The molecule has 2 rings (SSSR count). The Labute approximate surface area is 87.6 Å². The van der Waals surface area contributed by atoms with E-state index in [1.807, 2.05) is 12.3 Å². The number of aromatic nitrogens is 2. The average Bonchev–Trinajstić information content (AvgIpc) is 2.65. The van der Waals surface area contributed by atoms with Crippen molar-refractivity contribution in [3.63, 3.8) is 0 Å². The fraction of sp³-hybridized carbons (Fsp3) is 0.273. The number of nitrogens with zero attached hydrogens (tertiary/aromatic N) is 2. The third-order valence-electron chi connectivity index (χ3n) is 2.21. The number of hydrogen-bond donors (Lipinski definition) is 1. The molecule has 0 saturated heterocycles. The summed E-state index contributed by atoms with van der Waals surface area (Å²) in [6.07, 6.45) is 3.51. The first-order valence-corrected chi connectivity index (χ1v) is 4.78. The zero-order valence-electron chi connectivity index (χ0n) is 8.64. The molecule has 0 aliphatic rings. The molecule has 2 heterocycles. The Morgan fingerprint density at radius 1 is 1.27 bits per heavy atom. The van der Waals surface area contributed by atoms with Gasteiger partial charge in [-0.15, -0.1) is 0 Å². The fourth-order valence-electron chi connectivity index (χ4n) is 1.31. The fourth-order valence-corrected chi connectivity index (χ4v) is 1.31. The van der Waals surface area contributed by atoms with Crippen LogP contribution in [0, 0.1) is 0 Å². The summed E-state index contributed by atoms with van der Waals surface area (Å²) in [6, 6.07) is 3.46. The summed E-state index contributed by atoms with van der Waals surface area (Å²) in [5, 5.41) is 12.5. The number of pyridine rings is 1. The van der Waals surface area contributed by atoms with Gasteiger partial charge in [0.05, 0.1) is 0 Å². The smallest absolute Gasteiger partial charge is 0.252 e. The van der Waals surface area contributed by atoms with E-state index in [0.717, 1.165) is 11.1 Å². The van der Waals surface area contributed by atoms with E-state index in [9.17, 15) is 0 Å². The first-order chi connectivity index (χ1) is 7.16. The zero-order valence-corrected chi connectivity index (χ0v) is 8.64. The van der Waals surface area contributed by atoms with Crippen molar-refractivity contribution in [3.8, 4) is 17.2 Å². The van der Waals surface area contributed by atoms with Crippen LogP contribution in [0.1, 0.15) is 25.3 Å². The van der Waals surface area contributed by atoms with Crippen molar-refractivity contribution < 1.29 is 9.63 Å².